The highest BCUT2D eigenvalue weighted by Gasteiger charge is 2.14. The van der Waals surface area contributed by atoms with Crippen molar-refractivity contribution in [3.05, 3.63) is 21.9 Å². The summed E-state index contributed by atoms with van der Waals surface area (Å²) in [5, 5.41) is 11.5. The third-order valence-electron chi connectivity index (χ3n) is 1.99. The highest BCUT2D eigenvalue weighted by molar-refractivity contribution is 7.15. The van der Waals surface area contributed by atoms with E-state index >= 15 is 0 Å². The number of rotatable bonds is 6. The van der Waals surface area contributed by atoms with Crippen molar-refractivity contribution >= 4 is 23.2 Å². The van der Waals surface area contributed by atoms with Gasteiger partial charge in [-0.15, -0.1) is 11.3 Å². The minimum atomic E-state index is -1.02. The van der Waals surface area contributed by atoms with Crippen LogP contribution in [0.4, 0.5) is 0 Å². The Labute approximate surface area is 103 Å². The van der Waals surface area contributed by atoms with E-state index in [0.717, 1.165) is 11.3 Å². The number of nitrogens with one attached hydrogen (secondary N) is 1. The van der Waals surface area contributed by atoms with Gasteiger partial charge in [0.2, 0.25) is 0 Å². The fourth-order valence-electron chi connectivity index (χ4n) is 1.21. The lowest BCUT2D eigenvalue weighted by molar-refractivity contribution is 0.0702. The fourth-order valence-corrected chi connectivity index (χ4v) is 1.95. The molecule has 0 aliphatic rings. The summed E-state index contributed by atoms with van der Waals surface area (Å²) >= 11 is 0.963. The van der Waals surface area contributed by atoms with Crippen LogP contribution in [0.1, 0.15) is 33.2 Å². The van der Waals surface area contributed by atoms with E-state index in [4.69, 9.17) is 9.84 Å². The van der Waals surface area contributed by atoms with Crippen LogP contribution in [-0.2, 0) is 4.74 Å². The highest BCUT2D eigenvalue weighted by Crippen LogP contribution is 2.16. The zero-order chi connectivity index (χ0) is 12.8. The van der Waals surface area contributed by atoms with Crippen LogP contribution >= 0.6 is 11.3 Å². The van der Waals surface area contributed by atoms with Crippen molar-refractivity contribution < 1.29 is 19.4 Å². The van der Waals surface area contributed by atoms with Gasteiger partial charge in [0.15, 0.2) is 0 Å². The van der Waals surface area contributed by atoms with Gasteiger partial charge in [-0.05, 0) is 26.0 Å². The molecule has 0 saturated carbocycles. The van der Waals surface area contributed by atoms with Crippen LogP contribution in [0.25, 0.3) is 0 Å². The largest absolute Gasteiger partial charge is 0.477 e. The van der Waals surface area contributed by atoms with Crippen molar-refractivity contribution in [2.45, 2.75) is 19.9 Å². The van der Waals surface area contributed by atoms with Gasteiger partial charge >= 0.3 is 5.97 Å². The van der Waals surface area contributed by atoms with E-state index in [9.17, 15) is 9.59 Å². The van der Waals surface area contributed by atoms with Gasteiger partial charge in [0.1, 0.15) is 4.88 Å². The lowest BCUT2D eigenvalue weighted by Crippen LogP contribution is -2.35. The minimum absolute atomic E-state index is 0.0992. The van der Waals surface area contributed by atoms with E-state index in [1.54, 1.807) is 0 Å². The van der Waals surface area contributed by atoms with Crippen LogP contribution in [0, 0.1) is 0 Å². The van der Waals surface area contributed by atoms with Gasteiger partial charge < -0.3 is 15.2 Å². The molecular formula is C11H15NO4S. The molecule has 1 atom stereocenters. The molecule has 0 fully saturated rings. The lowest BCUT2D eigenvalue weighted by Gasteiger charge is -2.12. The van der Waals surface area contributed by atoms with Crippen molar-refractivity contribution in [1.29, 1.82) is 0 Å². The molecule has 1 unspecified atom stereocenters. The molecule has 0 saturated heterocycles. The average Bonchev–Trinajstić information content (AvgIpc) is 2.75. The smallest absolute Gasteiger partial charge is 0.345 e. The van der Waals surface area contributed by atoms with Crippen molar-refractivity contribution in [2.24, 2.45) is 0 Å². The molecule has 94 valence electrons. The maximum atomic E-state index is 11.7. The van der Waals surface area contributed by atoms with E-state index in [0.29, 0.717) is 18.1 Å². The first-order chi connectivity index (χ1) is 8.04. The second-order valence-electron chi connectivity index (χ2n) is 3.50. The molecule has 2 N–H and O–H groups in total. The summed E-state index contributed by atoms with van der Waals surface area (Å²) in [5.74, 6) is -1.29. The van der Waals surface area contributed by atoms with E-state index in [1.165, 1.54) is 12.1 Å². The summed E-state index contributed by atoms with van der Waals surface area (Å²) in [4.78, 5) is 22.9. The third-order valence-corrected chi connectivity index (χ3v) is 3.06. The molecule has 0 aromatic carbocycles. The maximum absolute atomic E-state index is 11.7. The molecule has 0 radical (unpaired) electrons. The first-order valence-electron chi connectivity index (χ1n) is 5.26. The van der Waals surface area contributed by atoms with Gasteiger partial charge in [-0.2, -0.15) is 0 Å². The topological polar surface area (TPSA) is 75.6 Å². The molecule has 0 aliphatic heterocycles. The summed E-state index contributed by atoms with van der Waals surface area (Å²) in [5.41, 5.74) is 0. The second kappa shape index (κ2) is 6.36. The minimum Gasteiger partial charge on any atom is -0.477 e. The average molecular weight is 257 g/mol. The lowest BCUT2D eigenvalue weighted by atomic mass is 10.3. The summed E-state index contributed by atoms with van der Waals surface area (Å²) in [6.45, 7) is 4.76. The Balaban J connectivity index is 2.54. The summed E-state index contributed by atoms with van der Waals surface area (Å²) in [7, 11) is 0. The number of ether oxygens (including phenoxy) is 1. The Bertz CT molecular complexity index is 402. The number of carboxylic acid groups (broad SMARTS) is 1. The molecule has 1 rings (SSSR count). The number of hydrogen-bond acceptors (Lipinski definition) is 4. The van der Waals surface area contributed by atoms with E-state index in [2.05, 4.69) is 5.32 Å². The third kappa shape index (κ3) is 4.16. The van der Waals surface area contributed by atoms with Crippen molar-refractivity contribution in [2.75, 3.05) is 13.2 Å². The van der Waals surface area contributed by atoms with Gasteiger partial charge in [0, 0.05) is 12.6 Å². The Morgan fingerprint density at radius 2 is 2.12 bits per heavy atom. The summed E-state index contributed by atoms with van der Waals surface area (Å²) < 4.78 is 5.17. The van der Waals surface area contributed by atoms with Crippen molar-refractivity contribution in [1.82, 2.24) is 5.32 Å². The number of carboxylic acids is 1. The molecular weight excluding hydrogens is 242 g/mol. The van der Waals surface area contributed by atoms with Gasteiger partial charge in [0.25, 0.3) is 5.91 Å². The van der Waals surface area contributed by atoms with Gasteiger partial charge in [0.05, 0.1) is 11.5 Å². The van der Waals surface area contributed by atoms with Crippen LogP contribution < -0.4 is 5.32 Å². The first kappa shape index (κ1) is 13.7. The number of thiophene rings is 1. The molecule has 0 aliphatic carbocycles. The Kier molecular flexibility index (Phi) is 5.11. The molecule has 6 heteroatoms. The van der Waals surface area contributed by atoms with Crippen LogP contribution in [0.3, 0.4) is 0 Å². The monoisotopic (exact) mass is 257 g/mol. The highest BCUT2D eigenvalue weighted by atomic mass is 32.1. The van der Waals surface area contributed by atoms with E-state index in [1.807, 2.05) is 13.8 Å². The normalized spacial score (nSPS) is 12.1. The van der Waals surface area contributed by atoms with Crippen LogP contribution in [0.5, 0.6) is 0 Å². The maximum Gasteiger partial charge on any atom is 0.345 e. The number of carbonyl (C=O) groups excluding carboxylic acids is 1. The quantitative estimate of drug-likeness (QED) is 0.811. The Morgan fingerprint density at radius 1 is 1.47 bits per heavy atom. The van der Waals surface area contributed by atoms with Gasteiger partial charge in [-0.1, -0.05) is 0 Å². The van der Waals surface area contributed by atoms with E-state index < -0.39 is 5.97 Å². The van der Waals surface area contributed by atoms with Crippen molar-refractivity contribution in [3.8, 4) is 0 Å². The molecule has 1 amide bonds. The van der Waals surface area contributed by atoms with Crippen LogP contribution in [-0.4, -0.2) is 36.2 Å². The predicted octanol–water partition coefficient (Wildman–Crippen LogP) is 1.60. The zero-order valence-electron chi connectivity index (χ0n) is 9.73. The Hall–Kier alpha value is -1.40. The molecule has 17 heavy (non-hydrogen) atoms. The predicted molar refractivity (Wildman–Crippen MR) is 64.7 cm³/mol. The number of amides is 1. The first-order valence-corrected chi connectivity index (χ1v) is 6.08. The molecule has 1 aromatic heterocycles. The van der Waals surface area contributed by atoms with Crippen molar-refractivity contribution in [3.63, 3.8) is 0 Å². The molecule has 0 spiro atoms. The number of hydrogen-bond donors (Lipinski definition) is 2. The summed E-state index contributed by atoms with van der Waals surface area (Å²) in [6, 6.07) is 2.84. The van der Waals surface area contributed by atoms with Gasteiger partial charge in [-0.3, -0.25) is 4.79 Å². The summed E-state index contributed by atoms with van der Waals surface area (Å²) in [6.07, 6.45) is 0. The number of carbonyl (C=O) groups is 2. The fraction of sp³-hybridized carbons (Fsp3) is 0.455. The molecule has 1 heterocycles. The van der Waals surface area contributed by atoms with Crippen LogP contribution in [0.2, 0.25) is 0 Å². The standard InChI is InChI=1S/C11H15NO4S/c1-3-16-6-7(2)12-10(13)8-4-5-9(17-8)11(14)15/h4-5,7H,3,6H2,1-2H3,(H,12,13)(H,14,15). The SMILES string of the molecule is CCOCC(C)NC(=O)c1ccc(C(=O)O)s1. The zero-order valence-corrected chi connectivity index (χ0v) is 10.5. The Morgan fingerprint density at radius 3 is 2.65 bits per heavy atom. The molecule has 0 bridgehead atoms. The second-order valence-corrected chi connectivity index (χ2v) is 4.59. The van der Waals surface area contributed by atoms with Crippen LogP contribution in [0.15, 0.2) is 12.1 Å². The molecule has 5 nitrogen and oxygen atoms in total. The van der Waals surface area contributed by atoms with E-state index in [-0.39, 0.29) is 16.8 Å². The molecule has 1 aromatic rings. The van der Waals surface area contributed by atoms with Gasteiger partial charge in [-0.25, -0.2) is 4.79 Å². The number of aromatic carboxylic acids is 1.